The van der Waals surface area contributed by atoms with Crippen LogP contribution in [0.2, 0.25) is 0 Å². The maximum absolute atomic E-state index is 13.0. The van der Waals surface area contributed by atoms with Crippen LogP contribution in [-0.4, -0.2) is 31.1 Å². The molecule has 0 bridgehead atoms. The van der Waals surface area contributed by atoms with Gasteiger partial charge in [-0.15, -0.1) is 5.10 Å². The Morgan fingerprint density at radius 2 is 1.77 bits per heavy atom. The van der Waals surface area contributed by atoms with Gasteiger partial charge in [0.15, 0.2) is 12.2 Å². The lowest BCUT2D eigenvalue weighted by atomic mass is 10.0. The van der Waals surface area contributed by atoms with Crippen LogP contribution in [-0.2, 0) is 18.9 Å². The highest BCUT2D eigenvalue weighted by molar-refractivity contribution is 5.58. The Hall–Kier alpha value is -3.19. The Bertz CT molecular complexity index is 978. The highest BCUT2D eigenvalue weighted by Crippen LogP contribution is 2.38. The zero-order chi connectivity index (χ0) is 21.9. The van der Waals surface area contributed by atoms with Crippen molar-refractivity contribution in [2.75, 3.05) is 0 Å². The molecule has 0 aliphatic carbocycles. The van der Waals surface area contributed by atoms with Gasteiger partial charge in [-0.05, 0) is 24.3 Å². The molecule has 2 N–H and O–H groups in total. The van der Waals surface area contributed by atoms with Crippen LogP contribution in [0.15, 0.2) is 47.6 Å². The summed E-state index contributed by atoms with van der Waals surface area (Å²) in [6.07, 6.45) is -4.90. The summed E-state index contributed by atoms with van der Waals surface area (Å²) in [6, 6.07) is 1.09. The summed E-state index contributed by atoms with van der Waals surface area (Å²) in [5.41, 5.74) is -3.38. The third-order valence-electron chi connectivity index (χ3n) is 3.74. The molecule has 13 heteroatoms. The van der Waals surface area contributed by atoms with Gasteiger partial charge in [0.25, 0.3) is 0 Å². The summed E-state index contributed by atoms with van der Waals surface area (Å²) in [5.74, 6) is 0.121. The van der Waals surface area contributed by atoms with Crippen LogP contribution in [0.5, 0.6) is 0 Å². The Morgan fingerprint density at radius 1 is 1.10 bits per heavy atom. The van der Waals surface area contributed by atoms with Gasteiger partial charge >= 0.3 is 12.4 Å². The molecule has 3 rings (SSSR count). The van der Waals surface area contributed by atoms with E-state index in [1.807, 2.05) is 0 Å². The van der Waals surface area contributed by atoms with Gasteiger partial charge in [0.2, 0.25) is 0 Å². The Morgan fingerprint density at radius 3 is 2.33 bits per heavy atom. The Balaban J connectivity index is 1.78. The molecule has 0 spiro atoms. The summed E-state index contributed by atoms with van der Waals surface area (Å²) < 4.78 is 83.8. The molecule has 3 aromatic rings. The minimum atomic E-state index is -4.97. The van der Waals surface area contributed by atoms with Crippen LogP contribution >= 0.6 is 0 Å². The topological polar surface area (TPSA) is 89.0 Å². The fourth-order valence-corrected chi connectivity index (χ4v) is 2.34. The summed E-state index contributed by atoms with van der Waals surface area (Å²) in [6.45, 7) is 0.165. The molecular weight excluding hydrogens is 420 g/mol. The second-order valence-electron chi connectivity index (χ2n) is 5.98. The van der Waals surface area contributed by atoms with Crippen molar-refractivity contribution in [3.05, 3.63) is 60.1 Å². The normalized spacial score (nSPS) is 13.8. The molecule has 0 saturated heterocycles. The predicted molar refractivity (Wildman–Crippen MR) is 90.1 cm³/mol. The number of aliphatic hydroxyl groups excluding tert-OH is 1. The average molecular weight is 433 g/mol. The zero-order valence-electron chi connectivity index (χ0n) is 14.8. The molecule has 0 aliphatic heterocycles. The van der Waals surface area contributed by atoms with E-state index in [-0.39, 0.29) is 18.4 Å². The molecule has 1 unspecified atom stereocenters. The van der Waals surface area contributed by atoms with Crippen LogP contribution in [0.1, 0.15) is 16.9 Å². The fraction of sp³-hybridized carbons (Fsp3) is 0.235. The van der Waals surface area contributed by atoms with Crippen molar-refractivity contribution in [3.8, 4) is 11.4 Å². The molecule has 0 saturated carbocycles. The van der Waals surface area contributed by atoms with E-state index in [0.29, 0.717) is 17.9 Å². The largest absolute Gasteiger partial charge is 0.447 e. The molecule has 1 aromatic carbocycles. The maximum atomic E-state index is 13.0. The number of rotatable bonds is 6. The van der Waals surface area contributed by atoms with Crippen molar-refractivity contribution in [3.63, 3.8) is 0 Å². The van der Waals surface area contributed by atoms with E-state index in [1.54, 1.807) is 0 Å². The lowest BCUT2D eigenvalue weighted by Crippen LogP contribution is -2.25. The SMILES string of the molecule is OC(/C=C\n1cnc(-c2cc(C(F)(F)F)cc(C(F)(F)F)c2)n1)NCc1cnco1. The molecule has 30 heavy (non-hydrogen) atoms. The van der Waals surface area contributed by atoms with Crippen LogP contribution in [0.25, 0.3) is 17.6 Å². The molecule has 0 amide bonds. The fourth-order valence-electron chi connectivity index (χ4n) is 2.34. The number of hydrogen-bond acceptors (Lipinski definition) is 6. The first kappa shape index (κ1) is 21.5. The molecular formula is C17H13F6N5O2. The molecule has 1 atom stereocenters. The third kappa shape index (κ3) is 5.45. The summed E-state index contributed by atoms with van der Waals surface area (Å²) in [7, 11) is 0. The van der Waals surface area contributed by atoms with E-state index in [2.05, 4.69) is 20.4 Å². The molecule has 2 aromatic heterocycles. The van der Waals surface area contributed by atoms with E-state index >= 15 is 0 Å². The number of aromatic nitrogens is 4. The Labute approximate surface area is 164 Å². The first-order valence-electron chi connectivity index (χ1n) is 8.20. The van der Waals surface area contributed by atoms with E-state index < -0.39 is 35.3 Å². The zero-order valence-corrected chi connectivity index (χ0v) is 14.8. The number of nitrogens with one attached hydrogen (secondary N) is 1. The van der Waals surface area contributed by atoms with Crippen molar-refractivity contribution in [1.29, 1.82) is 0 Å². The van der Waals surface area contributed by atoms with Crippen molar-refractivity contribution in [1.82, 2.24) is 25.1 Å². The highest BCUT2D eigenvalue weighted by Gasteiger charge is 2.37. The van der Waals surface area contributed by atoms with Gasteiger partial charge in [0, 0.05) is 11.8 Å². The van der Waals surface area contributed by atoms with Gasteiger partial charge in [-0.3, -0.25) is 5.32 Å². The Kier molecular flexibility index (Phi) is 5.94. The number of alkyl halides is 6. The number of hydrogen-bond donors (Lipinski definition) is 2. The lowest BCUT2D eigenvalue weighted by Gasteiger charge is -2.13. The lowest BCUT2D eigenvalue weighted by molar-refractivity contribution is -0.143. The molecule has 0 fully saturated rings. The van der Waals surface area contributed by atoms with Crippen LogP contribution < -0.4 is 5.32 Å². The minimum Gasteiger partial charge on any atom is -0.447 e. The van der Waals surface area contributed by atoms with Crippen LogP contribution in [0, 0.1) is 0 Å². The summed E-state index contributed by atoms with van der Waals surface area (Å²) >= 11 is 0. The molecule has 2 heterocycles. The van der Waals surface area contributed by atoms with Crippen molar-refractivity contribution < 1.29 is 35.9 Å². The standard InChI is InChI=1S/C17H13F6N5O2/c18-16(19,20)11-3-10(4-12(5-11)17(21,22)23)15-26-8-28(27-15)2-1-14(29)25-7-13-6-24-9-30-13/h1-6,8-9,14,25,29H,7H2/b2-1-. The van der Waals surface area contributed by atoms with Gasteiger partial charge < -0.3 is 9.52 Å². The highest BCUT2D eigenvalue weighted by atomic mass is 19.4. The first-order chi connectivity index (χ1) is 14.0. The molecule has 0 aliphatic rings. The quantitative estimate of drug-likeness (QED) is 0.457. The van der Waals surface area contributed by atoms with Crippen LogP contribution in [0.4, 0.5) is 26.3 Å². The molecule has 7 nitrogen and oxygen atoms in total. The van der Waals surface area contributed by atoms with Crippen molar-refractivity contribution in [2.24, 2.45) is 0 Å². The van der Waals surface area contributed by atoms with Gasteiger partial charge in [0.05, 0.1) is 23.9 Å². The molecule has 160 valence electrons. The number of benzene rings is 1. The van der Waals surface area contributed by atoms with Gasteiger partial charge in [-0.2, -0.15) is 26.3 Å². The van der Waals surface area contributed by atoms with E-state index in [1.165, 1.54) is 24.9 Å². The predicted octanol–water partition coefficient (Wildman–Crippen LogP) is 3.55. The van der Waals surface area contributed by atoms with E-state index in [9.17, 15) is 31.4 Å². The van der Waals surface area contributed by atoms with E-state index in [0.717, 1.165) is 11.0 Å². The first-order valence-corrected chi connectivity index (χ1v) is 8.20. The van der Waals surface area contributed by atoms with Crippen LogP contribution in [0.3, 0.4) is 0 Å². The van der Waals surface area contributed by atoms with Gasteiger partial charge in [-0.1, -0.05) is 0 Å². The monoisotopic (exact) mass is 433 g/mol. The third-order valence-corrected chi connectivity index (χ3v) is 3.74. The smallest absolute Gasteiger partial charge is 0.416 e. The van der Waals surface area contributed by atoms with Gasteiger partial charge in [0.1, 0.15) is 18.3 Å². The van der Waals surface area contributed by atoms with Crippen molar-refractivity contribution >= 4 is 6.20 Å². The number of oxazole rings is 1. The van der Waals surface area contributed by atoms with E-state index in [4.69, 9.17) is 4.42 Å². The number of halogens is 6. The number of nitrogens with zero attached hydrogens (tertiary/aromatic N) is 4. The summed E-state index contributed by atoms with van der Waals surface area (Å²) in [5, 5.41) is 16.3. The minimum absolute atomic E-state index is 0.0248. The van der Waals surface area contributed by atoms with Crippen molar-refractivity contribution in [2.45, 2.75) is 25.1 Å². The molecule has 0 radical (unpaired) electrons. The second-order valence-corrected chi connectivity index (χ2v) is 5.98. The maximum Gasteiger partial charge on any atom is 0.416 e. The summed E-state index contributed by atoms with van der Waals surface area (Å²) in [4.78, 5) is 7.44. The number of aliphatic hydroxyl groups is 1. The van der Waals surface area contributed by atoms with Gasteiger partial charge in [-0.25, -0.2) is 14.6 Å². The second kappa shape index (κ2) is 8.28. The average Bonchev–Trinajstić information content (AvgIpc) is 3.35.